The van der Waals surface area contributed by atoms with Crippen LogP contribution in [0.5, 0.6) is 0 Å². The molecule has 146 valence electrons. The maximum absolute atomic E-state index is 13.2. The Morgan fingerprint density at radius 2 is 1.78 bits per heavy atom. The van der Waals surface area contributed by atoms with E-state index in [9.17, 15) is 8.42 Å². The molecule has 0 spiro atoms. The minimum Gasteiger partial charge on any atom is -0.249 e. The molecule has 4 rings (SSSR count). The number of hydrogen-bond acceptors (Lipinski definition) is 4. The molecule has 2 aliphatic heterocycles. The van der Waals surface area contributed by atoms with Gasteiger partial charge in [-0.05, 0) is 43.9 Å². The molecule has 2 bridgehead atoms. The summed E-state index contributed by atoms with van der Waals surface area (Å²) in [4.78, 5) is 0.279. The minimum absolute atomic E-state index is 0.0000170. The molecule has 2 unspecified atom stereocenters. The zero-order valence-electron chi connectivity index (χ0n) is 15.8. The van der Waals surface area contributed by atoms with Gasteiger partial charge in [0.1, 0.15) is 0 Å². The molecule has 2 saturated heterocycles. The van der Waals surface area contributed by atoms with Crippen LogP contribution in [-0.4, -0.2) is 39.8 Å². The molecule has 2 aliphatic rings. The first-order valence-corrected chi connectivity index (χ1v) is 11.2. The molecule has 3 heterocycles. The quantitative estimate of drug-likeness (QED) is 0.774. The molecule has 1 aromatic heterocycles. The van der Waals surface area contributed by atoms with Crippen molar-refractivity contribution < 1.29 is 8.42 Å². The van der Waals surface area contributed by atoms with E-state index in [1.54, 1.807) is 22.5 Å². The number of piperidine rings is 1. The topological polar surface area (TPSA) is 68.1 Å². The second-order valence-corrected chi connectivity index (χ2v) is 10.9. The zero-order valence-corrected chi connectivity index (χ0v) is 17.4. The Balaban J connectivity index is 1.58. The van der Waals surface area contributed by atoms with Gasteiger partial charge >= 0.3 is 0 Å². The Kier molecular flexibility index (Phi) is 4.60. The van der Waals surface area contributed by atoms with Crippen molar-refractivity contribution in [3.05, 3.63) is 41.2 Å². The summed E-state index contributed by atoms with van der Waals surface area (Å²) in [5, 5.41) is 9.11. The minimum atomic E-state index is -3.54. The van der Waals surface area contributed by atoms with Gasteiger partial charge in [0.05, 0.1) is 16.6 Å². The fraction of sp³-hybridized carbons (Fsp3) is 0.579. The molecule has 6 nitrogen and oxygen atoms in total. The van der Waals surface area contributed by atoms with Crippen molar-refractivity contribution in [1.82, 2.24) is 19.3 Å². The molecule has 27 heavy (non-hydrogen) atoms. The van der Waals surface area contributed by atoms with Gasteiger partial charge in [-0.3, -0.25) is 0 Å². The predicted molar refractivity (Wildman–Crippen MR) is 104 cm³/mol. The first kappa shape index (κ1) is 18.9. The third kappa shape index (κ3) is 3.41. The SMILES string of the molecule is CC(C)(C)c1cn(C2CC3CCC(C2)N3S(=O)(=O)c2cccc(Cl)c2)nn1. The van der Waals surface area contributed by atoms with Gasteiger partial charge in [-0.2, -0.15) is 4.31 Å². The molecule has 2 fully saturated rings. The smallest absolute Gasteiger partial charge is 0.243 e. The van der Waals surface area contributed by atoms with Gasteiger partial charge < -0.3 is 0 Å². The largest absolute Gasteiger partial charge is 0.249 e. The summed E-state index contributed by atoms with van der Waals surface area (Å²) in [5.41, 5.74) is 0.914. The Bertz CT molecular complexity index is 937. The van der Waals surface area contributed by atoms with Gasteiger partial charge in [-0.1, -0.05) is 43.7 Å². The highest BCUT2D eigenvalue weighted by Crippen LogP contribution is 2.44. The molecule has 0 radical (unpaired) electrons. The standard InChI is InChI=1S/C19H25ClN4O2S/c1-19(2,3)18-12-23(22-21-18)16-10-14-7-8-15(11-16)24(14)27(25,26)17-6-4-5-13(20)9-17/h4-6,9,12,14-16H,7-8,10-11H2,1-3H3. The molecule has 0 N–H and O–H groups in total. The average molecular weight is 409 g/mol. The average Bonchev–Trinajstić information content (AvgIpc) is 3.19. The number of fused-ring (bicyclic) bond motifs is 2. The molecule has 0 saturated carbocycles. The van der Waals surface area contributed by atoms with Crippen molar-refractivity contribution >= 4 is 21.6 Å². The van der Waals surface area contributed by atoms with Crippen LogP contribution in [-0.2, 0) is 15.4 Å². The highest BCUT2D eigenvalue weighted by atomic mass is 35.5. The number of benzene rings is 1. The summed E-state index contributed by atoms with van der Waals surface area (Å²) >= 11 is 6.02. The number of rotatable bonds is 3. The van der Waals surface area contributed by atoms with E-state index in [1.165, 1.54) is 6.07 Å². The normalized spacial score (nSPS) is 26.4. The number of aromatic nitrogens is 3. The van der Waals surface area contributed by atoms with E-state index < -0.39 is 10.0 Å². The van der Waals surface area contributed by atoms with Gasteiger partial charge in [0.2, 0.25) is 10.0 Å². The predicted octanol–water partition coefficient (Wildman–Crippen LogP) is 3.79. The fourth-order valence-corrected chi connectivity index (χ4v) is 6.45. The van der Waals surface area contributed by atoms with Gasteiger partial charge in [0.15, 0.2) is 0 Å². The Morgan fingerprint density at radius 1 is 1.11 bits per heavy atom. The number of halogens is 1. The van der Waals surface area contributed by atoms with Crippen LogP contribution in [0.1, 0.15) is 58.2 Å². The van der Waals surface area contributed by atoms with E-state index in [1.807, 2.05) is 10.9 Å². The summed E-state index contributed by atoms with van der Waals surface area (Å²) in [6, 6.07) is 6.73. The third-order valence-corrected chi connectivity index (χ3v) is 7.90. The lowest BCUT2D eigenvalue weighted by molar-refractivity contribution is 0.183. The molecule has 0 aliphatic carbocycles. The van der Waals surface area contributed by atoms with Crippen LogP contribution in [0.4, 0.5) is 0 Å². The van der Waals surface area contributed by atoms with Crippen molar-refractivity contribution in [2.45, 2.75) is 74.9 Å². The van der Waals surface area contributed by atoms with Gasteiger partial charge in [-0.15, -0.1) is 5.10 Å². The highest BCUT2D eigenvalue weighted by molar-refractivity contribution is 7.89. The lowest BCUT2D eigenvalue weighted by Gasteiger charge is -2.37. The van der Waals surface area contributed by atoms with E-state index in [0.717, 1.165) is 31.4 Å². The lowest BCUT2D eigenvalue weighted by atomic mass is 9.93. The van der Waals surface area contributed by atoms with Crippen molar-refractivity contribution in [1.29, 1.82) is 0 Å². The van der Waals surface area contributed by atoms with E-state index in [4.69, 9.17) is 11.6 Å². The van der Waals surface area contributed by atoms with E-state index >= 15 is 0 Å². The summed E-state index contributed by atoms with van der Waals surface area (Å²) in [7, 11) is -3.54. The molecular formula is C19H25ClN4O2S. The van der Waals surface area contributed by atoms with Gasteiger partial charge in [0, 0.05) is 28.7 Å². The van der Waals surface area contributed by atoms with Gasteiger partial charge in [0.25, 0.3) is 0 Å². The molecule has 8 heteroatoms. The second-order valence-electron chi connectivity index (χ2n) is 8.64. The van der Waals surface area contributed by atoms with Crippen molar-refractivity contribution in [2.24, 2.45) is 0 Å². The first-order chi connectivity index (χ1) is 12.7. The van der Waals surface area contributed by atoms with Crippen LogP contribution in [0.2, 0.25) is 5.02 Å². The number of hydrogen-bond donors (Lipinski definition) is 0. The Morgan fingerprint density at radius 3 is 2.33 bits per heavy atom. The Hall–Kier alpha value is -1.44. The summed E-state index contributed by atoms with van der Waals surface area (Å²) in [5.74, 6) is 0. The van der Waals surface area contributed by atoms with Crippen LogP contribution in [0.3, 0.4) is 0 Å². The van der Waals surface area contributed by atoms with Crippen molar-refractivity contribution in [3.8, 4) is 0 Å². The van der Waals surface area contributed by atoms with Crippen LogP contribution < -0.4 is 0 Å². The fourth-order valence-electron chi connectivity index (χ4n) is 4.26. The van der Waals surface area contributed by atoms with Crippen LogP contribution in [0, 0.1) is 0 Å². The number of sulfonamides is 1. The second kappa shape index (κ2) is 6.57. The maximum atomic E-state index is 13.2. The number of nitrogens with zero attached hydrogens (tertiary/aromatic N) is 4. The van der Waals surface area contributed by atoms with Crippen LogP contribution in [0.25, 0.3) is 0 Å². The zero-order chi connectivity index (χ0) is 19.4. The van der Waals surface area contributed by atoms with Crippen LogP contribution >= 0.6 is 11.6 Å². The van der Waals surface area contributed by atoms with E-state index in [-0.39, 0.29) is 28.4 Å². The molecular weight excluding hydrogens is 384 g/mol. The lowest BCUT2D eigenvalue weighted by Crippen LogP contribution is -2.46. The third-order valence-electron chi connectivity index (χ3n) is 5.67. The summed E-state index contributed by atoms with van der Waals surface area (Å²) < 4.78 is 30.1. The monoisotopic (exact) mass is 408 g/mol. The summed E-state index contributed by atoms with van der Waals surface area (Å²) in [6.07, 6.45) is 5.33. The maximum Gasteiger partial charge on any atom is 0.243 e. The summed E-state index contributed by atoms with van der Waals surface area (Å²) in [6.45, 7) is 6.35. The van der Waals surface area contributed by atoms with Gasteiger partial charge in [-0.25, -0.2) is 13.1 Å². The highest BCUT2D eigenvalue weighted by Gasteiger charge is 2.48. The van der Waals surface area contributed by atoms with E-state index in [0.29, 0.717) is 5.02 Å². The molecule has 0 amide bonds. The Labute approximate surface area is 165 Å². The van der Waals surface area contributed by atoms with E-state index in [2.05, 4.69) is 31.1 Å². The molecule has 2 atom stereocenters. The van der Waals surface area contributed by atoms with Crippen molar-refractivity contribution in [2.75, 3.05) is 0 Å². The molecule has 1 aromatic carbocycles. The first-order valence-electron chi connectivity index (χ1n) is 9.37. The molecule has 2 aromatic rings. The van der Waals surface area contributed by atoms with Crippen molar-refractivity contribution in [3.63, 3.8) is 0 Å². The van der Waals surface area contributed by atoms with Crippen LogP contribution in [0.15, 0.2) is 35.4 Å².